The topological polar surface area (TPSA) is 30.5 Å². The van der Waals surface area contributed by atoms with Gasteiger partial charge in [-0.15, -0.1) is 0 Å². The third kappa shape index (κ3) is 6.77. The van der Waals surface area contributed by atoms with Crippen molar-refractivity contribution in [3.8, 4) is 0 Å². The maximum Gasteiger partial charge on any atom is 0.490 e. The zero-order chi connectivity index (χ0) is 17.1. The van der Waals surface area contributed by atoms with Gasteiger partial charge in [0.05, 0.1) is 11.2 Å². The molecule has 126 valence electrons. The van der Waals surface area contributed by atoms with Crippen molar-refractivity contribution in [2.45, 2.75) is 73.0 Å². The monoisotopic (exact) mass is 317 g/mol. The van der Waals surface area contributed by atoms with Crippen LogP contribution in [0.1, 0.15) is 61.8 Å². The van der Waals surface area contributed by atoms with Gasteiger partial charge in [-0.1, -0.05) is 33.8 Å². The van der Waals surface area contributed by atoms with Crippen molar-refractivity contribution in [1.82, 2.24) is 5.32 Å². The van der Waals surface area contributed by atoms with Crippen molar-refractivity contribution < 1.29 is 9.31 Å². The van der Waals surface area contributed by atoms with Crippen LogP contribution in [0.15, 0.2) is 11.5 Å². The first-order valence-electron chi connectivity index (χ1n) is 8.12. The molecule has 1 N–H and O–H groups in total. The minimum absolute atomic E-state index is 0.142. The summed E-state index contributed by atoms with van der Waals surface area (Å²) < 4.78 is 12.0. The fourth-order valence-corrected chi connectivity index (χ4v) is 1.85. The molecule has 2 rings (SSSR count). The van der Waals surface area contributed by atoms with E-state index < -0.39 is 0 Å². The fourth-order valence-electron chi connectivity index (χ4n) is 1.85. The Labute approximate surface area is 138 Å². The van der Waals surface area contributed by atoms with E-state index in [1.165, 1.54) is 5.47 Å². The van der Waals surface area contributed by atoms with E-state index in [9.17, 15) is 0 Å². The van der Waals surface area contributed by atoms with E-state index >= 15 is 0 Å². The summed E-state index contributed by atoms with van der Waals surface area (Å²) in [5.41, 5.74) is 0.847. The van der Waals surface area contributed by atoms with Crippen LogP contribution in [0.2, 0.25) is 0 Å². The SMILES string of the molecule is CC.CC.CC1(C)OB(C2=CCNCC2)OC1(C)C.CS. The molecule has 0 aromatic carbocycles. The molecule has 0 spiro atoms. The van der Waals surface area contributed by atoms with Crippen LogP contribution in [0.4, 0.5) is 0 Å². The van der Waals surface area contributed by atoms with E-state index in [0.717, 1.165) is 19.5 Å². The number of nitrogens with one attached hydrogen (secondary N) is 1. The second-order valence-electron chi connectivity index (χ2n) is 5.32. The lowest BCUT2D eigenvalue weighted by Crippen LogP contribution is -2.41. The maximum absolute atomic E-state index is 5.99. The van der Waals surface area contributed by atoms with Crippen LogP contribution in [-0.2, 0) is 9.31 Å². The first-order chi connectivity index (χ1) is 9.92. The third-order valence-electron chi connectivity index (χ3n) is 3.66. The summed E-state index contributed by atoms with van der Waals surface area (Å²) in [6.45, 7) is 18.3. The second-order valence-corrected chi connectivity index (χ2v) is 5.32. The predicted octanol–water partition coefficient (Wildman–Crippen LogP) is 4.14. The average molecular weight is 317 g/mol. The third-order valence-corrected chi connectivity index (χ3v) is 3.66. The highest BCUT2D eigenvalue weighted by molar-refractivity contribution is 7.79. The molecule has 0 aromatic rings. The van der Waals surface area contributed by atoms with Gasteiger partial charge in [-0.2, -0.15) is 12.6 Å². The van der Waals surface area contributed by atoms with Crippen LogP contribution in [0, 0.1) is 0 Å². The number of rotatable bonds is 1. The van der Waals surface area contributed by atoms with E-state index in [1.807, 2.05) is 27.7 Å². The van der Waals surface area contributed by atoms with Gasteiger partial charge in [-0.3, -0.25) is 0 Å². The lowest BCUT2D eigenvalue weighted by Gasteiger charge is -2.32. The molecule has 3 nitrogen and oxygen atoms in total. The lowest BCUT2D eigenvalue weighted by molar-refractivity contribution is 0.00578. The molecule has 0 unspecified atom stereocenters. The Balaban J connectivity index is 0. The van der Waals surface area contributed by atoms with Gasteiger partial charge in [0.1, 0.15) is 0 Å². The Morgan fingerprint density at radius 3 is 1.76 bits per heavy atom. The molecule has 21 heavy (non-hydrogen) atoms. The molecule has 1 fully saturated rings. The van der Waals surface area contributed by atoms with Crippen molar-refractivity contribution in [3.05, 3.63) is 11.5 Å². The van der Waals surface area contributed by atoms with Gasteiger partial charge in [-0.25, -0.2) is 0 Å². The Bertz CT molecular complexity index is 278. The highest BCUT2D eigenvalue weighted by Gasteiger charge is 2.52. The van der Waals surface area contributed by atoms with Gasteiger partial charge >= 0.3 is 7.12 Å². The lowest BCUT2D eigenvalue weighted by atomic mass is 9.75. The van der Waals surface area contributed by atoms with Gasteiger partial charge in [0.2, 0.25) is 0 Å². The molecular formula is C16H36BNO2S. The molecule has 0 aromatic heterocycles. The summed E-state index contributed by atoms with van der Waals surface area (Å²) >= 11 is 3.53. The largest absolute Gasteiger partial charge is 0.490 e. The molecule has 0 aliphatic carbocycles. The Morgan fingerprint density at radius 2 is 1.43 bits per heavy atom. The highest BCUT2D eigenvalue weighted by atomic mass is 32.1. The molecular weight excluding hydrogens is 281 g/mol. The van der Waals surface area contributed by atoms with Crippen molar-refractivity contribution in [3.63, 3.8) is 0 Å². The van der Waals surface area contributed by atoms with Crippen molar-refractivity contribution >= 4 is 19.7 Å². The van der Waals surface area contributed by atoms with Crippen LogP contribution in [0.3, 0.4) is 0 Å². The maximum atomic E-state index is 5.99. The van der Waals surface area contributed by atoms with Gasteiger partial charge in [0.15, 0.2) is 0 Å². The minimum atomic E-state index is -0.219. The molecule has 0 bridgehead atoms. The number of thiol groups is 1. The summed E-state index contributed by atoms with van der Waals surface area (Å²) in [6.07, 6.45) is 4.91. The molecule has 2 aliphatic rings. The van der Waals surface area contributed by atoms with Crippen LogP contribution in [0.25, 0.3) is 0 Å². The standard InChI is InChI=1S/C11H20BNO2.2C2H6.CH4S/c1-10(2)11(3,4)15-12(14-10)9-5-7-13-8-6-9;3*1-2/h5,13H,6-8H2,1-4H3;2*1-2H3;2H,1H3. The smallest absolute Gasteiger partial charge is 0.400 e. The Kier molecular flexibility index (Phi) is 12.9. The van der Waals surface area contributed by atoms with Gasteiger partial charge in [0.25, 0.3) is 0 Å². The first kappa shape index (κ1) is 23.3. The van der Waals surface area contributed by atoms with E-state index in [0.29, 0.717) is 0 Å². The molecule has 2 heterocycles. The zero-order valence-electron chi connectivity index (χ0n) is 15.5. The molecule has 0 atom stereocenters. The molecule has 0 radical (unpaired) electrons. The van der Waals surface area contributed by atoms with Gasteiger partial charge < -0.3 is 14.6 Å². The average Bonchev–Trinajstić information content (AvgIpc) is 2.75. The number of hydrogen-bond acceptors (Lipinski definition) is 4. The normalized spacial score (nSPS) is 21.6. The molecule has 2 aliphatic heterocycles. The van der Waals surface area contributed by atoms with Gasteiger partial charge in [0, 0.05) is 6.54 Å². The highest BCUT2D eigenvalue weighted by Crippen LogP contribution is 2.39. The van der Waals surface area contributed by atoms with Gasteiger partial charge in [-0.05, 0) is 52.4 Å². The summed E-state index contributed by atoms with van der Waals surface area (Å²) in [6, 6.07) is 0. The summed E-state index contributed by atoms with van der Waals surface area (Å²) in [5, 5.41) is 3.29. The van der Waals surface area contributed by atoms with Crippen molar-refractivity contribution in [1.29, 1.82) is 0 Å². The quantitative estimate of drug-likeness (QED) is 0.563. The van der Waals surface area contributed by atoms with E-state index in [1.54, 1.807) is 6.26 Å². The molecule has 1 saturated heterocycles. The Hall–Kier alpha value is 0.0349. The van der Waals surface area contributed by atoms with Crippen LogP contribution in [-0.4, -0.2) is 37.7 Å². The van der Waals surface area contributed by atoms with E-state index in [-0.39, 0.29) is 18.3 Å². The first-order valence-corrected chi connectivity index (χ1v) is 9.02. The Morgan fingerprint density at radius 1 is 1.00 bits per heavy atom. The predicted molar refractivity (Wildman–Crippen MR) is 99.3 cm³/mol. The van der Waals surface area contributed by atoms with Crippen LogP contribution in [0.5, 0.6) is 0 Å². The number of hydrogen-bond donors (Lipinski definition) is 2. The van der Waals surface area contributed by atoms with E-state index in [2.05, 4.69) is 51.7 Å². The van der Waals surface area contributed by atoms with E-state index in [4.69, 9.17) is 9.31 Å². The second kappa shape index (κ2) is 11.6. The van der Waals surface area contributed by atoms with Crippen molar-refractivity contribution in [2.24, 2.45) is 0 Å². The molecule has 0 amide bonds. The van der Waals surface area contributed by atoms with Crippen LogP contribution >= 0.6 is 12.6 Å². The molecule has 5 heteroatoms. The van der Waals surface area contributed by atoms with Crippen LogP contribution < -0.4 is 5.32 Å². The minimum Gasteiger partial charge on any atom is -0.400 e. The van der Waals surface area contributed by atoms with Crippen molar-refractivity contribution in [2.75, 3.05) is 19.3 Å². The summed E-state index contributed by atoms with van der Waals surface area (Å²) in [4.78, 5) is 0. The summed E-state index contributed by atoms with van der Waals surface area (Å²) in [7, 11) is -0.142. The zero-order valence-corrected chi connectivity index (χ0v) is 16.4. The molecule has 0 saturated carbocycles. The summed E-state index contributed by atoms with van der Waals surface area (Å²) in [5.74, 6) is 0. The fraction of sp³-hybridized carbons (Fsp3) is 0.875.